The molecule has 20 heavy (non-hydrogen) atoms. The lowest BCUT2D eigenvalue weighted by Crippen LogP contribution is -2.44. The maximum absolute atomic E-state index is 11.7. The second-order valence-corrected chi connectivity index (χ2v) is 5.91. The average Bonchev–Trinajstić information content (AvgIpc) is 2.96. The number of aryl methyl sites for hydroxylation is 1. The second kappa shape index (κ2) is 10.2. The van der Waals surface area contributed by atoms with E-state index in [0.717, 1.165) is 52.1 Å². The van der Waals surface area contributed by atoms with E-state index >= 15 is 0 Å². The minimum atomic E-state index is 0. The third kappa shape index (κ3) is 6.70. The minimum Gasteiger partial charge on any atom is -0.356 e. The van der Waals surface area contributed by atoms with Gasteiger partial charge in [-0.3, -0.25) is 4.79 Å². The fourth-order valence-corrected chi connectivity index (χ4v) is 2.95. The normalized spacial score (nSPS) is 15.6. The Bertz CT molecular complexity index is 367. The molecule has 1 saturated heterocycles. The van der Waals surface area contributed by atoms with Gasteiger partial charge in [-0.25, -0.2) is 0 Å². The molecule has 1 fully saturated rings. The molecule has 2 heterocycles. The number of nitrogens with one attached hydrogen (secondary N) is 2. The number of thiophene rings is 1. The Morgan fingerprint density at radius 2 is 2.20 bits per heavy atom. The van der Waals surface area contributed by atoms with Crippen molar-refractivity contribution < 1.29 is 4.79 Å². The molecule has 0 aromatic carbocycles. The lowest BCUT2D eigenvalue weighted by Gasteiger charge is -2.27. The third-order valence-corrected chi connectivity index (χ3v) is 4.30. The number of rotatable bonds is 7. The number of piperazine rings is 1. The highest BCUT2D eigenvalue weighted by molar-refractivity contribution is 7.09. The average molecular weight is 318 g/mol. The Kier molecular flexibility index (Phi) is 8.85. The van der Waals surface area contributed by atoms with Crippen LogP contribution < -0.4 is 10.6 Å². The number of hydrogen-bond acceptors (Lipinski definition) is 4. The van der Waals surface area contributed by atoms with Crippen molar-refractivity contribution in [1.29, 1.82) is 0 Å². The number of carbonyl (C=O) groups excluding carboxylic acids is 1. The first-order chi connectivity index (χ1) is 9.34. The van der Waals surface area contributed by atoms with E-state index in [2.05, 4.69) is 27.0 Å². The molecule has 2 rings (SSSR count). The van der Waals surface area contributed by atoms with Crippen LogP contribution in [0.4, 0.5) is 0 Å². The first-order valence-electron chi connectivity index (χ1n) is 7.07. The van der Waals surface area contributed by atoms with E-state index in [9.17, 15) is 4.79 Å². The predicted molar refractivity (Wildman–Crippen MR) is 86.8 cm³/mol. The van der Waals surface area contributed by atoms with Gasteiger partial charge in [0.15, 0.2) is 0 Å². The van der Waals surface area contributed by atoms with Gasteiger partial charge in [0.2, 0.25) is 5.91 Å². The van der Waals surface area contributed by atoms with Crippen molar-refractivity contribution >= 4 is 29.7 Å². The van der Waals surface area contributed by atoms with Gasteiger partial charge in [0.1, 0.15) is 0 Å². The number of halogens is 1. The predicted octanol–water partition coefficient (Wildman–Crippen LogP) is 1.51. The van der Waals surface area contributed by atoms with E-state index in [0.29, 0.717) is 6.42 Å². The van der Waals surface area contributed by atoms with Gasteiger partial charge in [-0.05, 0) is 30.8 Å². The fraction of sp³-hybridized carbons (Fsp3) is 0.643. The summed E-state index contributed by atoms with van der Waals surface area (Å²) in [5, 5.41) is 8.41. The summed E-state index contributed by atoms with van der Waals surface area (Å²) >= 11 is 1.72. The Hall–Kier alpha value is -0.620. The Morgan fingerprint density at radius 3 is 2.90 bits per heavy atom. The third-order valence-electron chi connectivity index (χ3n) is 3.36. The van der Waals surface area contributed by atoms with Crippen molar-refractivity contribution in [3.05, 3.63) is 22.4 Å². The topological polar surface area (TPSA) is 44.4 Å². The number of hydrogen-bond donors (Lipinski definition) is 2. The Morgan fingerprint density at radius 1 is 1.40 bits per heavy atom. The molecule has 1 amide bonds. The summed E-state index contributed by atoms with van der Waals surface area (Å²) < 4.78 is 0. The Balaban J connectivity index is 0.00000200. The summed E-state index contributed by atoms with van der Waals surface area (Å²) in [6.45, 7) is 6.33. The first kappa shape index (κ1) is 17.4. The van der Waals surface area contributed by atoms with Gasteiger partial charge in [-0.15, -0.1) is 23.7 Å². The summed E-state index contributed by atoms with van der Waals surface area (Å²) in [7, 11) is 0. The van der Waals surface area contributed by atoms with Crippen molar-refractivity contribution in [3.8, 4) is 0 Å². The van der Waals surface area contributed by atoms with Crippen molar-refractivity contribution in [3.63, 3.8) is 0 Å². The van der Waals surface area contributed by atoms with E-state index in [1.807, 2.05) is 6.07 Å². The molecule has 2 N–H and O–H groups in total. The van der Waals surface area contributed by atoms with Crippen molar-refractivity contribution in [2.45, 2.75) is 19.3 Å². The second-order valence-electron chi connectivity index (χ2n) is 4.87. The van der Waals surface area contributed by atoms with Crippen molar-refractivity contribution in [2.24, 2.45) is 0 Å². The molecule has 0 radical (unpaired) electrons. The molecule has 0 spiro atoms. The minimum absolute atomic E-state index is 0. The van der Waals surface area contributed by atoms with E-state index < -0.39 is 0 Å². The van der Waals surface area contributed by atoms with Gasteiger partial charge < -0.3 is 15.5 Å². The highest BCUT2D eigenvalue weighted by Gasteiger charge is 2.08. The van der Waals surface area contributed by atoms with Crippen LogP contribution >= 0.6 is 23.7 Å². The quantitative estimate of drug-likeness (QED) is 0.749. The SMILES string of the molecule is Cl.O=C(CCc1cccs1)NCCCN1CCNCC1. The van der Waals surface area contributed by atoms with Crippen LogP contribution in [0, 0.1) is 0 Å². The van der Waals surface area contributed by atoms with Gasteiger partial charge in [-0.1, -0.05) is 6.07 Å². The van der Waals surface area contributed by atoms with Crippen LogP contribution in [0.3, 0.4) is 0 Å². The molecule has 1 aromatic rings. The first-order valence-corrected chi connectivity index (χ1v) is 7.95. The molecule has 1 aromatic heterocycles. The van der Waals surface area contributed by atoms with E-state index in [4.69, 9.17) is 0 Å². The molecule has 1 aliphatic heterocycles. The molecule has 4 nitrogen and oxygen atoms in total. The summed E-state index contributed by atoms with van der Waals surface area (Å²) in [5.41, 5.74) is 0. The van der Waals surface area contributed by atoms with E-state index in [1.54, 1.807) is 11.3 Å². The van der Waals surface area contributed by atoms with Crippen molar-refractivity contribution in [1.82, 2.24) is 15.5 Å². The standard InChI is InChI=1S/C14H23N3OS.ClH/c18-14(5-4-13-3-1-12-19-13)16-6-2-9-17-10-7-15-8-11-17;/h1,3,12,15H,2,4-11H2,(H,16,18);1H. The largest absolute Gasteiger partial charge is 0.356 e. The van der Waals surface area contributed by atoms with Crippen LogP contribution in [0.1, 0.15) is 17.7 Å². The van der Waals surface area contributed by atoms with Gasteiger partial charge in [0, 0.05) is 44.0 Å². The monoisotopic (exact) mass is 317 g/mol. The van der Waals surface area contributed by atoms with Crippen LogP contribution in [-0.2, 0) is 11.2 Å². The van der Waals surface area contributed by atoms with Crippen molar-refractivity contribution in [2.75, 3.05) is 39.3 Å². The summed E-state index contributed by atoms with van der Waals surface area (Å²) in [6, 6.07) is 4.12. The summed E-state index contributed by atoms with van der Waals surface area (Å²) in [4.78, 5) is 15.4. The summed E-state index contributed by atoms with van der Waals surface area (Å²) in [5.74, 6) is 0.175. The maximum atomic E-state index is 11.7. The van der Waals surface area contributed by atoms with Crippen LogP contribution in [0.15, 0.2) is 17.5 Å². The zero-order valence-corrected chi connectivity index (χ0v) is 13.4. The van der Waals surface area contributed by atoms with Crippen LogP contribution in [0.5, 0.6) is 0 Å². The van der Waals surface area contributed by atoms with Crippen LogP contribution in [0.2, 0.25) is 0 Å². The Labute approximate surface area is 131 Å². The molecule has 1 aliphatic rings. The lowest BCUT2D eigenvalue weighted by molar-refractivity contribution is -0.121. The number of amides is 1. The van der Waals surface area contributed by atoms with E-state index in [1.165, 1.54) is 4.88 Å². The van der Waals surface area contributed by atoms with Gasteiger partial charge in [0.05, 0.1) is 0 Å². The molecular weight excluding hydrogens is 294 g/mol. The van der Waals surface area contributed by atoms with Crippen LogP contribution in [-0.4, -0.2) is 50.1 Å². The van der Waals surface area contributed by atoms with Gasteiger partial charge in [0.25, 0.3) is 0 Å². The number of nitrogens with zero attached hydrogens (tertiary/aromatic N) is 1. The highest BCUT2D eigenvalue weighted by Crippen LogP contribution is 2.10. The van der Waals surface area contributed by atoms with Gasteiger partial charge >= 0.3 is 0 Å². The zero-order valence-electron chi connectivity index (χ0n) is 11.8. The molecule has 0 atom stereocenters. The lowest BCUT2D eigenvalue weighted by atomic mass is 10.2. The smallest absolute Gasteiger partial charge is 0.220 e. The molecular formula is C14H24ClN3OS. The zero-order chi connectivity index (χ0) is 13.3. The van der Waals surface area contributed by atoms with E-state index in [-0.39, 0.29) is 18.3 Å². The molecule has 114 valence electrons. The number of carbonyl (C=O) groups is 1. The molecule has 0 aliphatic carbocycles. The molecule has 6 heteroatoms. The molecule has 0 unspecified atom stereocenters. The summed E-state index contributed by atoms with van der Waals surface area (Å²) in [6.07, 6.45) is 2.51. The fourth-order valence-electron chi connectivity index (χ4n) is 2.25. The van der Waals surface area contributed by atoms with Gasteiger partial charge in [-0.2, -0.15) is 0 Å². The highest BCUT2D eigenvalue weighted by atomic mass is 35.5. The molecule has 0 saturated carbocycles. The molecule has 0 bridgehead atoms. The maximum Gasteiger partial charge on any atom is 0.220 e. The van der Waals surface area contributed by atoms with Crippen LogP contribution in [0.25, 0.3) is 0 Å².